The van der Waals surface area contributed by atoms with E-state index in [0.29, 0.717) is 17.1 Å². The first-order valence-corrected chi connectivity index (χ1v) is 10.8. The monoisotopic (exact) mass is 424 g/mol. The van der Waals surface area contributed by atoms with Crippen molar-refractivity contribution in [2.45, 2.75) is 18.7 Å². The molecule has 0 saturated carbocycles. The van der Waals surface area contributed by atoms with Gasteiger partial charge in [-0.15, -0.1) is 0 Å². The highest BCUT2D eigenvalue weighted by molar-refractivity contribution is 7.92. The van der Waals surface area contributed by atoms with Crippen LogP contribution in [0.5, 0.6) is 5.75 Å². The van der Waals surface area contributed by atoms with E-state index in [0.717, 1.165) is 15.4 Å². The Kier molecular flexibility index (Phi) is 6.42. The molecule has 6 nitrogen and oxygen atoms in total. The number of carbonyl (C=O) groups excluding carboxylic acids is 1. The number of nitrogens with zero attached hydrogens (tertiary/aromatic N) is 1. The van der Waals surface area contributed by atoms with Gasteiger partial charge in [0, 0.05) is 11.8 Å². The zero-order valence-electron chi connectivity index (χ0n) is 17.1. The Balaban J connectivity index is 1.97. The predicted octanol–water partition coefficient (Wildman–Crippen LogP) is 4.15. The molecule has 7 heteroatoms. The zero-order valence-corrected chi connectivity index (χ0v) is 17.9. The lowest BCUT2D eigenvalue weighted by Gasteiger charge is -2.26. The average molecular weight is 425 g/mol. The molecule has 30 heavy (non-hydrogen) atoms. The second kappa shape index (κ2) is 9.00. The summed E-state index contributed by atoms with van der Waals surface area (Å²) < 4.78 is 33.1. The molecule has 1 N–H and O–H groups in total. The van der Waals surface area contributed by atoms with Crippen LogP contribution in [0.3, 0.4) is 0 Å². The molecule has 156 valence electrons. The molecular formula is C23H24N2O4S. The summed E-state index contributed by atoms with van der Waals surface area (Å²) >= 11 is 0. The van der Waals surface area contributed by atoms with Crippen LogP contribution >= 0.6 is 0 Å². The third-order valence-corrected chi connectivity index (χ3v) is 6.38. The number of amides is 1. The lowest BCUT2D eigenvalue weighted by molar-refractivity contribution is -0.114. The number of sulfonamides is 1. The number of nitrogens with one attached hydrogen (secondary N) is 1. The molecular weight excluding hydrogens is 400 g/mol. The summed E-state index contributed by atoms with van der Waals surface area (Å²) in [6.07, 6.45) is 0. The van der Waals surface area contributed by atoms with Crippen molar-refractivity contribution in [2.24, 2.45) is 0 Å². The molecule has 0 spiro atoms. The van der Waals surface area contributed by atoms with Crippen molar-refractivity contribution < 1.29 is 17.9 Å². The minimum atomic E-state index is -3.95. The van der Waals surface area contributed by atoms with Crippen LogP contribution in [-0.2, 0) is 14.8 Å². The number of hydrogen-bond donors (Lipinski definition) is 1. The van der Waals surface area contributed by atoms with E-state index in [4.69, 9.17) is 4.74 Å². The third kappa shape index (κ3) is 4.80. The van der Waals surface area contributed by atoms with Gasteiger partial charge in [0.15, 0.2) is 0 Å². The molecule has 0 unspecified atom stereocenters. The molecule has 0 aromatic heterocycles. The molecule has 3 aromatic rings. The molecule has 0 saturated heterocycles. The second-order valence-corrected chi connectivity index (χ2v) is 8.76. The summed E-state index contributed by atoms with van der Waals surface area (Å²) in [6, 6.07) is 20.5. The Bertz CT molecular complexity index is 1140. The Morgan fingerprint density at radius 2 is 1.70 bits per heavy atom. The van der Waals surface area contributed by atoms with Gasteiger partial charge >= 0.3 is 0 Å². The van der Waals surface area contributed by atoms with Crippen LogP contribution < -0.4 is 14.4 Å². The zero-order chi connectivity index (χ0) is 21.7. The quantitative estimate of drug-likeness (QED) is 0.618. The Morgan fingerprint density at radius 3 is 2.40 bits per heavy atom. The van der Waals surface area contributed by atoms with Crippen LogP contribution in [-0.4, -0.2) is 28.0 Å². The molecule has 3 rings (SSSR count). The molecule has 0 radical (unpaired) electrons. The Labute approximate surface area is 177 Å². The maximum Gasteiger partial charge on any atom is 0.264 e. The van der Waals surface area contributed by atoms with Crippen LogP contribution in [0, 0.1) is 13.8 Å². The Hall–Kier alpha value is -3.32. The van der Waals surface area contributed by atoms with Gasteiger partial charge in [0.2, 0.25) is 5.91 Å². The lowest BCUT2D eigenvalue weighted by atomic mass is 10.1. The molecule has 1 amide bonds. The number of methoxy groups -OCH3 is 1. The van der Waals surface area contributed by atoms with Gasteiger partial charge in [0.05, 0.1) is 17.7 Å². The average Bonchev–Trinajstić information content (AvgIpc) is 2.74. The van der Waals surface area contributed by atoms with Crippen LogP contribution in [0.15, 0.2) is 77.7 Å². The second-order valence-electron chi connectivity index (χ2n) is 6.89. The van der Waals surface area contributed by atoms with Gasteiger partial charge in [-0.25, -0.2) is 8.42 Å². The van der Waals surface area contributed by atoms with Gasteiger partial charge in [0.25, 0.3) is 10.0 Å². The SMILES string of the molecule is COc1cccc(NC(=O)CN(c2cc(C)ccc2C)S(=O)(=O)c2ccccc2)c1. The summed E-state index contributed by atoms with van der Waals surface area (Å²) in [4.78, 5) is 12.9. The van der Waals surface area contributed by atoms with E-state index >= 15 is 0 Å². The molecule has 3 aromatic carbocycles. The molecule has 0 fully saturated rings. The topological polar surface area (TPSA) is 75.7 Å². The first-order valence-electron chi connectivity index (χ1n) is 9.40. The van der Waals surface area contributed by atoms with Gasteiger partial charge in [-0.1, -0.05) is 36.4 Å². The summed E-state index contributed by atoms with van der Waals surface area (Å²) in [7, 11) is -2.41. The summed E-state index contributed by atoms with van der Waals surface area (Å²) in [5.74, 6) is 0.139. The van der Waals surface area contributed by atoms with Gasteiger partial charge in [0.1, 0.15) is 12.3 Å². The van der Waals surface area contributed by atoms with Crippen LogP contribution in [0.4, 0.5) is 11.4 Å². The van der Waals surface area contributed by atoms with Crippen molar-refractivity contribution in [3.63, 3.8) is 0 Å². The maximum absolute atomic E-state index is 13.4. The van der Waals surface area contributed by atoms with Crippen molar-refractivity contribution in [3.8, 4) is 5.75 Å². The summed E-state index contributed by atoms with van der Waals surface area (Å²) in [5, 5.41) is 2.75. The molecule has 0 aliphatic heterocycles. The van der Waals surface area contributed by atoms with Gasteiger partial charge < -0.3 is 10.1 Å². The van der Waals surface area contributed by atoms with Crippen molar-refractivity contribution in [2.75, 3.05) is 23.3 Å². The minimum Gasteiger partial charge on any atom is -0.497 e. The van der Waals surface area contributed by atoms with E-state index in [-0.39, 0.29) is 11.4 Å². The number of benzene rings is 3. The van der Waals surface area contributed by atoms with Crippen molar-refractivity contribution in [1.29, 1.82) is 0 Å². The van der Waals surface area contributed by atoms with Crippen molar-refractivity contribution in [3.05, 3.63) is 83.9 Å². The molecule has 0 bridgehead atoms. The number of hydrogen-bond acceptors (Lipinski definition) is 4. The first kappa shape index (κ1) is 21.4. The van der Waals surface area contributed by atoms with E-state index in [1.165, 1.54) is 19.2 Å². The van der Waals surface area contributed by atoms with E-state index in [1.807, 2.05) is 26.0 Å². The van der Waals surface area contributed by atoms with Crippen LogP contribution in [0.2, 0.25) is 0 Å². The predicted molar refractivity (Wildman–Crippen MR) is 119 cm³/mol. The maximum atomic E-state index is 13.4. The molecule has 0 atom stereocenters. The highest BCUT2D eigenvalue weighted by atomic mass is 32.2. The summed E-state index contributed by atoms with van der Waals surface area (Å²) in [6.45, 7) is 3.34. The fourth-order valence-electron chi connectivity index (χ4n) is 3.04. The van der Waals surface area contributed by atoms with Crippen LogP contribution in [0.1, 0.15) is 11.1 Å². The van der Waals surface area contributed by atoms with E-state index in [9.17, 15) is 13.2 Å². The van der Waals surface area contributed by atoms with Gasteiger partial charge in [-0.3, -0.25) is 9.10 Å². The highest BCUT2D eigenvalue weighted by Gasteiger charge is 2.28. The lowest BCUT2D eigenvalue weighted by Crippen LogP contribution is -2.38. The van der Waals surface area contributed by atoms with Crippen LogP contribution in [0.25, 0.3) is 0 Å². The number of ether oxygens (including phenoxy) is 1. The smallest absolute Gasteiger partial charge is 0.264 e. The summed E-state index contributed by atoms with van der Waals surface area (Å²) in [5.41, 5.74) is 2.66. The number of rotatable bonds is 7. The number of aryl methyl sites for hydroxylation is 2. The van der Waals surface area contributed by atoms with Crippen molar-refractivity contribution >= 4 is 27.3 Å². The van der Waals surface area contributed by atoms with Crippen molar-refractivity contribution in [1.82, 2.24) is 0 Å². The van der Waals surface area contributed by atoms with E-state index < -0.39 is 15.9 Å². The van der Waals surface area contributed by atoms with E-state index in [2.05, 4.69) is 5.32 Å². The fraction of sp³-hybridized carbons (Fsp3) is 0.174. The largest absolute Gasteiger partial charge is 0.497 e. The molecule has 0 aliphatic rings. The molecule has 0 aliphatic carbocycles. The number of anilines is 2. The standard InChI is InChI=1S/C23H24N2O4S/c1-17-12-13-18(2)22(14-17)25(30(27,28)21-10-5-4-6-11-21)16-23(26)24-19-8-7-9-20(15-19)29-3/h4-15H,16H2,1-3H3,(H,24,26). The highest BCUT2D eigenvalue weighted by Crippen LogP contribution is 2.28. The first-order chi connectivity index (χ1) is 14.3. The number of carbonyl (C=O) groups is 1. The minimum absolute atomic E-state index is 0.125. The van der Waals surface area contributed by atoms with Gasteiger partial charge in [-0.2, -0.15) is 0 Å². The molecule has 0 heterocycles. The normalized spacial score (nSPS) is 11.0. The van der Waals surface area contributed by atoms with E-state index in [1.54, 1.807) is 48.5 Å². The van der Waals surface area contributed by atoms with Gasteiger partial charge in [-0.05, 0) is 55.3 Å². The Morgan fingerprint density at radius 1 is 0.967 bits per heavy atom. The fourth-order valence-corrected chi connectivity index (χ4v) is 4.54. The third-order valence-electron chi connectivity index (χ3n) is 4.61.